The number of rotatable bonds is 11. The van der Waals surface area contributed by atoms with Gasteiger partial charge in [0.1, 0.15) is 0 Å². The van der Waals surface area contributed by atoms with Crippen LogP contribution >= 0.6 is 11.8 Å². The number of halogens is 1. The fourth-order valence-electron chi connectivity index (χ4n) is 3.30. The first-order valence-electron chi connectivity index (χ1n) is 10.4. The van der Waals surface area contributed by atoms with Crippen molar-refractivity contribution < 1.29 is 13.9 Å². The molecule has 0 aromatic carbocycles. The first kappa shape index (κ1) is 25.7. The Morgan fingerprint density at radius 3 is 2.41 bits per heavy atom. The average molecular weight is 429 g/mol. The Hall–Kier alpha value is -1.37. The van der Waals surface area contributed by atoms with Crippen molar-refractivity contribution in [2.45, 2.75) is 78.8 Å². The van der Waals surface area contributed by atoms with Crippen LogP contribution in [0.25, 0.3) is 0 Å². The molecule has 1 atom stereocenters. The number of esters is 1. The van der Waals surface area contributed by atoms with Gasteiger partial charge in [-0.2, -0.15) is 4.39 Å². The van der Waals surface area contributed by atoms with Crippen LogP contribution in [0.2, 0.25) is 0 Å². The molecule has 0 fully saturated rings. The lowest BCUT2D eigenvalue weighted by atomic mass is 9.69. The maximum Gasteiger partial charge on any atom is 0.312 e. The van der Waals surface area contributed by atoms with E-state index in [4.69, 9.17) is 4.74 Å². The Morgan fingerprint density at radius 2 is 1.83 bits per heavy atom. The van der Waals surface area contributed by atoms with Crippen LogP contribution in [0.5, 0.6) is 0 Å². The van der Waals surface area contributed by atoms with E-state index in [0.717, 1.165) is 44.1 Å². The molecular weight excluding hydrogens is 391 g/mol. The molecule has 0 aliphatic carbocycles. The second-order valence-electron chi connectivity index (χ2n) is 9.46. The number of carbonyl (C=O) groups is 1. The fourth-order valence-corrected chi connectivity index (χ4v) is 4.23. The van der Waals surface area contributed by atoms with Crippen LogP contribution in [0, 0.1) is 22.6 Å². The zero-order valence-corrected chi connectivity index (χ0v) is 19.8. The molecule has 0 N–H and O–H groups in total. The van der Waals surface area contributed by atoms with Crippen LogP contribution in [0.15, 0.2) is 16.1 Å². The highest BCUT2D eigenvalue weighted by Gasteiger charge is 2.41. The van der Waals surface area contributed by atoms with Crippen LogP contribution in [0.3, 0.4) is 0 Å². The third kappa shape index (κ3) is 8.11. The van der Waals surface area contributed by atoms with E-state index in [9.17, 15) is 14.0 Å². The van der Waals surface area contributed by atoms with E-state index in [1.54, 1.807) is 0 Å². The van der Waals surface area contributed by atoms with E-state index in [0.29, 0.717) is 11.8 Å². The Labute approximate surface area is 178 Å². The lowest BCUT2D eigenvalue weighted by Crippen LogP contribution is -2.38. The summed E-state index contributed by atoms with van der Waals surface area (Å²) in [5.74, 6) is 0.105. The van der Waals surface area contributed by atoms with Crippen molar-refractivity contribution in [2.75, 3.05) is 12.4 Å². The van der Waals surface area contributed by atoms with Crippen LogP contribution < -0.4 is 5.56 Å². The zero-order chi connectivity index (χ0) is 22.2. The second kappa shape index (κ2) is 11.1. The fraction of sp³-hybridized carbons (Fsp3) is 0.773. The molecule has 5 nitrogen and oxygen atoms in total. The smallest absolute Gasteiger partial charge is 0.312 e. The molecule has 0 aliphatic heterocycles. The number of aromatic nitrogens is 2. The summed E-state index contributed by atoms with van der Waals surface area (Å²) in [6.07, 6.45) is 5.55. The van der Waals surface area contributed by atoms with Gasteiger partial charge in [-0.05, 0) is 37.5 Å². The lowest BCUT2D eigenvalue weighted by Gasteiger charge is -2.36. The Balaban J connectivity index is 2.29. The summed E-state index contributed by atoms with van der Waals surface area (Å²) in [7, 11) is 1.53. The van der Waals surface area contributed by atoms with E-state index in [-0.39, 0.29) is 17.3 Å². The van der Waals surface area contributed by atoms with Crippen molar-refractivity contribution in [3.8, 4) is 0 Å². The van der Waals surface area contributed by atoms with E-state index in [2.05, 4.69) is 39.6 Å². The number of ether oxygens (including phenoxy) is 1. The second-order valence-corrected chi connectivity index (χ2v) is 10.5. The molecule has 0 saturated heterocycles. The number of thioether (sulfide) groups is 1. The lowest BCUT2D eigenvalue weighted by molar-refractivity contribution is -0.160. The number of nitrogens with zero attached hydrogens (tertiary/aromatic N) is 2. The first-order valence-corrected chi connectivity index (χ1v) is 11.4. The van der Waals surface area contributed by atoms with Gasteiger partial charge in [-0.15, -0.1) is 0 Å². The standard InChI is InChI=1S/C22H37FN2O3S/c1-16(2)22(6,15-21(3,4)5)19(27)28-12-10-8-9-11-13-29-20-24-14-17(23)18(26)25(20)7/h14,16H,8-13,15H2,1-7H3. The van der Waals surface area contributed by atoms with Gasteiger partial charge in [0.15, 0.2) is 5.16 Å². The van der Waals surface area contributed by atoms with Crippen molar-refractivity contribution in [3.63, 3.8) is 0 Å². The number of hydrogen-bond acceptors (Lipinski definition) is 5. The van der Waals surface area contributed by atoms with Crippen molar-refractivity contribution in [1.82, 2.24) is 9.55 Å². The molecule has 7 heteroatoms. The van der Waals surface area contributed by atoms with Crippen LogP contribution in [-0.2, 0) is 16.6 Å². The van der Waals surface area contributed by atoms with Crippen molar-refractivity contribution >= 4 is 17.7 Å². The Kier molecular flexibility index (Phi) is 9.86. The topological polar surface area (TPSA) is 61.2 Å². The molecule has 1 unspecified atom stereocenters. The molecule has 0 amide bonds. The SMILES string of the molecule is CC(C)C(C)(CC(C)(C)C)C(=O)OCCCCCCSc1ncc(F)c(=O)n1C. The molecule has 1 heterocycles. The third-order valence-electron chi connectivity index (χ3n) is 5.23. The molecule has 1 rings (SSSR count). The highest BCUT2D eigenvalue weighted by Crippen LogP contribution is 2.40. The average Bonchev–Trinajstić information content (AvgIpc) is 2.61. The van der Waals surface area contributed by atoms with Crippen LogP contribution in [0.4, 0.5) is 4.39 Å². The Bertz CT molecular complexity index is 728. The number of carbonyl (C=O) groups excluding carboxylic acids is 1. The molecule has 1 aromatic heterocycles. The largest absolute Gasteiger partial charge is 0.465 e. The van der Waals surface area contributed by atoms with Crippen molar-refractivity contribution in [2.24, 2.45) is 23.8 Å². The monoisotopic (exact) mass is 428 g/mol. The molecule has 0 radical (unpaired) electrons. The molecule has 0 spiro atoms. The number of hydrogen-bond donors (Lipinski definition) is 0. The van der Waals surface area contributed by atoms with Gasteiger partial charge >= 0.3 is 5.97 Å². The molecule has 29 heavy (non-hydrogen) atoms. The number of unbranched alkanes of at least 4 members (excludes halogenated alkanes) is 3. The Morgan fingerprint density at radius 1 is 1.21 bits per heavy atom. The van der Waals surface area contributed by atoms with Gasteiger partial charge in [0.25, 0.3) is 5.56 Å². The summed E-state index contributed by atoms with van der Waals surface area (Å²) in [5.41, 5.74) is -1.05. The first-order chi connectivity index (χ1) is 13.4. The molecule has 166 valence electrons. The predicted octanol–water partition coefficient (Wildman–Crippen LogP) is 5.21. The molecule has 0 aliphatic rings. The minimum Gasteiger partial charge on any atom is -0.465 e. The highest BCUT2D eigenvalue weighted by molar-refractivity contribution is 7.99. The molecule has 0 bridgehead atoms. The quantitative estimate of drug-likeness (QED) is 0.209. The van der Waals surface area contributed by atoms with E-state index in [1.807, 2.05) is 6.92 Å². The van der Waals surface area contributed by atoms with E-state index < -0.39 is 16.8 Å². The van der Waals surface area contributed by atoms with Gasteiger partial charge in [0, 0.05) is 12.8 Å². The summed E-state index contributed by atoms with van der Waals surface area (Å²) in [4.78, 5) is 28.2. The predicted molar refractivity (Wildman–Crippen MR) is 117 cm³/mol. The highest BCUT2D eigenvalue weighted by atomic mass is 32.2. The zero-order valence-electron chi connectivity index (χ0n) is 19.0. The van der Waals surface area contributed by atoms with Crippen LogP contribution in [-0.4, -0.2) is 27.9 Å². The summed E-state index contributed by atoms with van der Waals surface area (Å²) in [5, 5.41) is 0.525. The third-order valence-corrected chi connectivity index (χ3v) is 6.36. The normalized spacial score (nSPS) is 14.1. The maximum absolute atomic E-state index is 13.1. The summed E-state index contributed by atoms with van der Waals surface area (Å²) < 4.78 is 20.0. The molecular formula is C22H37FN2O3S. The maximum atomic E-state index is 13.1. The van der Waals surface area contributed by atoms with E-state index >= 15 is 0 Å². The molecule has 0 saturated carbocycles. The van der Waals surface area contributed by atoms with Crippen molar-refractivity contribution in [3.05, 3.63) is 22.4 Å². The van der Waals surface area contributed by atoms with Gasteiger partial charge in [-0.3, -0.25) is 14.2 Å². The van der Waals surface area contributed by atoms with Crippen molar-refractivity contribution in [1.29, 1.82) is 0 Å². The summed E-state index contributed by atoms with van der Waals surface area (Å²) in [6.45, 7) is 13.1. The summed E-state index contributed by atoms with van der Waals surface area (Å²) >= 11 is 1.45. The van der Waals surface area contributed by atoms with Gasteiger partial charge in [0.05, 0.1) is 18.2 Å². The minimum atomic E-state index is -0.831. The van der Waals surface area contributed by atoms with Gasteiger partial charge < -0.3 is 4.74 Å². The van der Waals surface area contributed by atoms with E-state index in [1.165, 1.54) is 23.4 Å². The summed E-state index contributed by atoms with van der Waals surface area (Å²) in [6, 6.07) is 0. The molecule has 1 aromatic rings. The van der Waals surface area contributed by atoms with Crippen LogP contribution in [0.1, 0.15) is 73.6 Å². The van der Waals surface area contributed by atoms with Gasteiger partial charge in [0.2, 0.25) is 5.82 Å². The van der Waals surface area contributed by atoms with Gasteiger partial charge in [-0.25, -0.2) is 4.98 Å². The minimum absolute atomic E-state index is 0.0680. The van der Waals surface area contributed by atoms with Gasteiger partial charge in [-0.1, -0.05) is 59.2 Å².